The molecule has 0 heterocycles. The van der Waals surface area contributed by atoms with Gasteiger partial charge in [0.1, 0.15) is 6.61 Å². The van der Waals surface area contributed by atoms with Gasteiger partial charge in [0, 0.05) is 5.56 Å². The van der Waals surface area contributed by atoms with Gasteiger partial charge in [-0.15, -0.1) is 0 Å². The summed E-state index contributed by atoms with van der Waals surface area (Å²) in [6.07, 6.45) is 1.92. The van der Waals surface area contributed by atoms with Crippen molar-refractivity contribution in [3.8, 4) is 0 Å². The Morgan fingerprint density at radius 3 is 2.37 bits per heavy atom. The molecular formula is C18H25F3N2O3S. The lowest BCUT2D eigenvalue weighted by Gasteiger charge is -2.20. The number of benzene rings is 1. The summed E-state index contributed by atoms with van der Waals surface area (Å²) >= 11 is 0. The Balaban J connectivity index is 0.000000828. The monoisotopic (exact) mass is 406 g/mol. The van der Waals surface area contributed by atoms with Crippen LogP contribution in [0.4, 0.5) is 13.2 Å². The van der Waals surface area contributed by atoms with E-state index in [1.165, 1.54) is 31.4 Å². The first kappa shape index (κ1) is 23.1. The smallest absolute Gasteiger partial charge is 0.395 e. The zero-order valence-corrected chi connectivity index (χ0v) is 16.3. The number of nitrogens with zero attached hydrogens (tertiary/aromatic N) is 1. The van der Waals surface area contributed by atoms with Crippen LogP contribution in [-0.4, -0.2) is 20.7 Å². The summed E-state index contributed by atoms with van der Waals surface area (Å²) in [5, 5.41) is 4.03. The van der Waals surface area contributed by atoms with Crippen molar-refractivity contribution in [3.05, 3.63) is 34.9 Å². The average molecular weight is 406 g/mol. The van der Waals surface area contributed by atoms with Gasteiger partial charge in [-0.1, -0.05) is 49.0 Å². The molecule has 0 amide bonds. The summed E-state index contributed by atoms with van der Waals surface area (Å²) in [5.41, 5.74) is 0.418. The second-order valence-corrected chi connectivity index (χ2v) is 6.94. The molecule has 1 aromatic carbocycles. The maximum absolute atomic E-state index is 13.2. The molecule has 9 heteroatoms. The maximum Gasteiger partial charge on any atom is 0.417 e. The van der Waals surface area contributed by atoms with E-state index in [-0.39, 0.29) is 5.56 Å². The van der Waals surface area contributed by atoms with Crippen LogP contribution < -0.4 is 0 Å². The molecule has 0 aromatic heterocycles. The highest BCUT2D eigenvalue weighted by molar-refractivity contribution is 7.60. The van der Waals surface area contributed by atoms with E-state index >= 15 is 0 Å². The summed E-state index contributed by atoms with van der Waals surface area (Å²) in [5.74, 6) is 0.478. The quantitative estimate of drug-likeness (QED) is 0.528. The average Bonchev–Trinajstić information content (AvgIpc) is 2.59. The predicted octanol–water partition coefficient (Wildman–Crippen LogP) is 5.35. The van der Waals surface area contributed by atoms with Gasteiger partial charge in [0.2, 0.25) is 0 Å². The van der Waals surface area contributed by atoms with Crippen LogP contribution in [0.5, 0.6) is 0 Å². The molecule has 1 saturated carbocycles. The van der Waals surface area contributed by atoms with E-state index in [1.807, 2.05) is 0 Å². The van der Waals surface area contributed by atoms with Gasteiger partial charge in [-0.25, -0.2) is 0 Å². The van der Waals surface area contributed by atoms with Crippen LogP contribution in [0.1, 0.15) is 62.1 Å². The normalized spacial score (nSPS) is 15.7. The fourth-order valence-electron chi connectivity index (χ4n) is 3.02. The minimum Gasteiger partial charge on any atom is -0.395 e. The Labute approximate surface area is 159 Å². The van der Waals surface area contributed by atoms with Crippen molar-refractivity contribution in [2.75, 3.05) is 6.61 Å². The lowest BCUT2D eigenvalue weighted by atomic mass is 9.90. The molecule has 1 N–H and O–H groups in total. The molecular weight excluding hydrogens is 381 g/mol. The summed E-state index contributed by atoms with van der Waals surface area (Å²) < 4.78 is 62.6. The highest BCUT2D eigenvalue weighted by atomic mass is 32.2. The lowest BCUT2D eigenvalue weighted by Crippen LogP contribution is -2.15. The number of aryl methyl sites for hydroxylation is 1. The Morgan fingerprint density at radius 1 is 1.26 bits per heavy atom. The van der Waals surface area contributed by atoms with Gasteiger partial charge < -0.3 is 4.84 Å². The van der Waals surface area contributed by atoms with Crippen molar-refractivity contribution in [1.82, 2.24) is 0 Å². The number of nitrogens with one attached hydrogen (secondary N) is 1. The van der Waals surface area contributed by atoms with Crippen molar-refractivity contribution in [1.29, 1.82) is 4.78 Å². The van der Waals surface area contributed by atoms with Gasteiger partial charge in [-0.2, -0.15) is 26.4 Å². The van der Waals surface area contributed by atoms with E-state index < -0.39 is 22.2 Å². The molecule has 1 aliphatic carbocycles. The van der Waals surface area contributed by atoms with E-state index in [1.54, 1.807) is 19.9 Å². The van der Waals surface area contributed by atoms with Gasteiger partial charge in [0.15, 0.2) is 0 Å². The minimum absolute atomic E-state index is 0.120. The highest BCUT2D eigenvalue weighted by Gasteiger charge is 2.34. The third-order valence-electron chi connectivity index (χ3n) is 4.34. The van der Waals surface area contributed by atoms with Crippen LogP contribution in [0.3, 0.4) is 0 Å². The fraction of sp³-hybridized carbons (Fsp3) is 0.611. The lowest BCUT2D eigenvalue weighted by molar-refractivity contribution is -0.137. The predicted molar refractivity (Wildman–Crippen MR) is 97.2 cm³/mol. The van der Waals surface area contributed by atoms with Crippen molar-refractivity contribution < 1.29 is 26.4 Å². The van der Waals surface area contributed by atoms with Crippen molar-refractivity contribution in [2.45, 2.75) is 58.5 Å². The number of oxime groups is 1. The second-order valence-electron chi connectivity index (χ2n) is 6.47. The van der Waals surface area contributed by atoms with Crippen LogP contribution >= 0.6 is 0 Å². The number of halogens is 3. The number of alkyl halides is 3. The number of rotatable bonds is 5. The Morgan fingerprint density at radius 2 is 1.85 bits per heavy atom. The number of hydrogen-bond acceptors (Lipinski definition) is 5. The molecule has 0 aliphatic heterocycles. The molecule has 2 rings (SSSR count). The largest absolute Gasteiger partial charge is 0.417 e. The highest BCUT2D eigenvalue weighted by Crippen LogP contribution is 2.33. The molecule has 0 radical (unpaired) electrons. The molecule has 0 spiro atoms. The zero-order valence-electron chi connectivity index (χ0n) is 15.5. The standard InChI is InChI=1S/C18H24F3NO.HNO2S/c1-3-17(22-23-12-14-7-5-4-6-8-14)15-10-9-13(2)11-16(15)18(19,20)21;1-4(2)3/h9-11,14H,3-8,12H2,1-2H3;1H/b22-17-;. The molecule has 1 fully saturated rings. The summed E-state index contributed by atoms with van der Waals surface area (Å²) in [4.78, 5) is 5.40. The molecule has 152 valence electrons. The summed E-state index contributed by atoms with van der Waals surface area (Å²) in [7, 11) is -2.61. The van der Waals surface area contributed by atoms with E-state index in [2.05, 4.69) is 5.16 Å². The van der Waals surface area contributed by atoms with E-state index in [0.29, 0.717) is 30.2 Å². The van der Waals surface area contributed by atoms with Crippen molar-refractivity contribution >= 4 is 16.2 Å². The van der Waals surface area contributed by atoms with Gasteiger partial charge in [0.05, 0.1) is 11.3 Å². The minimum atomic E-state index is -4.39. The molecule has 1 aromatic rings. The third kappa shape index (κ3) is 8.55. The fourth-order valence-corrected chi connectivity index (χ4v) is 3.02. The van der Waals surface area contributed by atoms with Crippen molar-refractivity contribution in [2.24, 2.45) is 11.1 Å². The van der Waals surface area contributed by atoms with E-state index in [4.69, 9.17) is 18.0 Å². The van der Waals surface area contributed by atoms with E-state index in [9.17, 15) is 13.2 Å². The molecule has 1 aliphatic rings. The first-order valence-electron chi connectivity index (χ1n) is 8.82. The first-order chi connectivity index (χ1) is 12.6. The Kier molecular flexibility index (Phi) is 9.48. The van der Waals surface area contributed by atoms with Gasteiger partial charge in [-0.3, -0.25) is 0 Å². The van der Waals surface area contributed by atoms with Crippen molar-refractivity contribution in [3.63, 3.8) is 0 Å². The third-order valence-corrected chi connectivity index (χ3v) is 4.34. The summed E-state index contributed by atoms with van der Waals surface area (Å²) in [6, 6.07) is 4.34. The van der Waals surface area contributed by atoms with Gasteiger partial charge in [0.25, 0.3) is 0 Å². The van der Waals surface area contributed by atoms with Crippen LogP contribution in [0.25, 0.3) is 0 Å². The van der Waals surface area contributed by atoms with Crippen LogP contribution in [0.15, 0.2) is 23.4 Å². The molecule has 0 atom stereocenters. The van der Waals surface area contributed by atoms with E-state index in [0.717, 1.165) is 12.8 Å². The van der Waals surface area contributed by atoms with Gasteiger partial charge in [-0.05, 0) is 38.2 Å². The van der Waals surface area contributed by atoms with Crippen LogP contribution in [0, 0.1) is 17.6 Å². The molecule has 0 saturated heterocycles. The molecule has 5 nitrogen and oxygen atoms in total. The molecule has 27 heavy (non-hydrogen) atoms. The second kappa shape index (κ2) is 11.1. The molecule has 0 bridgehead atoms. The Bertz CT molecular complexity index is 734. The topological polar surface area (TPSA) is 79.6 Å². The first-order valence-corrected chi connectivity index (χ1v) is 9.90. The van der Waals surface area contributed by atoms with Crippen LogP contribution in [-0.2, 0) is 21.5 Å². The zero-order chi connectivity index (χ0) is 20.4. The maximum atomic E-state index is 13.2. The summed E-state index contributed by atoms with van der Waals surface area (Å²) in [6.45, 7) is 3.95. The molecule has 0 unspecified atom stereocenters. The van der Waals surface area contributed by atoms with Gasteiger partial charge >= 0.3 is 16.7 Å². The Hall–Kier alpha value is -1.90. The number of hydrogen-bond donors (Lipinski definition) is 1. The SMILES string of the molecule is CC/C(=N/OCC1CCCCC1)c1ccc(C)cc1C(F)(F)F.N=S(=O)=O. The van der Waals surface area contributed by atoms with Crippen LogP contribution in [0.2, 0.25) is 0 Å².